The zero-order chi connectivity index (χ0) is 5.86. The van der Waals surface area contributed by atoms with Crippen LogP contribution in [0.25, 0.3) is 0 Å². The predicted octanol–water partition coefficient (Wildman–Crippen LogP) is 1.77. The van der Waals surface area contributed by atoms with Gasteiger partial charge in [-0.1, -0.05) is 20.8 Å². The summed E-state index contributed by atoms with van der Waals surface area (Å²) in [6, 6.07) is 0. The molecule has 0 aliphatic heterocycles. The molecule has 0 aromatic rings. The fourth-order valence-corrected chi connectivity index (χ4v) is 0.408. The first-order chi connectivity index (χ1) is 3.18. The van der Waals surface area contributed by atoms with Gasteiger partial charge in [-0.15, -0.1) is 0 Å². The van der Waals surface area contributed by atoms with Gasteiger partial charge in [0.2, 0.25) is 0 Å². The third-order valence-electron chi connectivity index (χ3n) is 0.992. The second-order valence-corrected chi connectivity index (χ2v) is 1.97. The van der Waals surface area contributed by atoms with E-state index in [9.17, 15) is 4.79 Å². The molecule has 0 bridgehead atoms. The Morgan fingerprint density at radius 3 is 1.88 bits per heavy atom. The van der Waals surface area contributed by atoms with Crippen molar-refractivity contribution in [2.75, 3.05) is 0 Å². The predicted molar refractivity (Wildman–Crippen MR) is 32.6 cm³/mol. The molecule has 50 valence electrons. The van der Waals surface area contributed by atoms with Crippen molar-refractivity contribution in [2.24, 2.45) is 5.92 Å². The van der Waals surface area contributed by atoms with Crippen molar-refractivity contribution in [3.05, 3.63) is 0 Å². The summed E-state index contributed by atoms with van der Waals surface area (Å²) in [7, 11) is 0. The molecule has 0 rings (SSSR count). The first-order valence-electron chi connectivity index (χ1n) is 2.71. The fraction of sp³-hybridized carbons (Fsp3) is 0.833. The van der Waals surface area contributed by atoms with Crippen molar-refractivity contribution in [3.8, 4) is 0 Å². The lowest BCUT2D eigenvalue weighted by atomic mass is 10.1. The van der Waals surface area contributed by atoms with E-state index in [0.29, 0.717) is 12.2 Å². The normalized spacial score (nSPS) is 8.50. The molecule has 0 unspecified atom stereocenters. The number of rotatable bonds is 2. The van der Waals surface area contributed by atoms with Crippen LogP contribution in [-0.4, -0.2) is 5.78 Å². The smallest absolute Gasteiger partial charge is 0.135 e. The molecule has 0 saturated heterocycles. The summed E-state index contributed by atoms with van der Waals surface area (Å²) >= 11 is 0. The van der Waals surface area contributed by atoms with Crippen LogP contribution in [0.15, 0.2) is 0 Å². The van der Waals surface area contributed by atoms with Gasteiger partial charge in [0, 0.05) is 12.3 Å². The topological polar surface area (TPSA) is 17.1 Å². The van der Waals surface area contributed by atoms with Crippen molar-refractivity contribution in [1.82, 2.24) is 0 Å². The van der Waals surface area contributed by atoms with E-state index < -0.39 is 0 Å². The van der Waals surface area contributed by atoms with Crippen molar-refractivity contribution < 1.29 is 9.50 Å². The van der Waals surface area contributed by atoms with Gasteiger partial charge >= 0.3 is 0 Å². The highest BCUT2D eigenvalue weighted by atomic mass is 19.0. The largest absolute Gasteiger partial charge is 0.299 e. The Labute approximate surface area is 49.5 Å². The lowest BCUT2D eigenvalue weighted by Crippen LogP contribution is -2.03. The quantitative estimate of drug-likeness (QED) is 0.542. The minimum atomic E-state index is 0. The highest BCUT2D eigenvalue weighted by molar-refractivity contribution is 5.79. The molecule has 0 spiro atoms. The maximum Gasteiger partial charge on any atom is 0.135 e. The Hall–Kier alpha value is -0.400. The average Bonchev–Trinajstić information content (AvgIpc) is 1.65. The van der Waals surface area contributed by atoms with Crippen molar-refractivity contribution in [2.45, 2.75) is 27.2 Å². The number of hydrogen-bond donors (Lipinski definition) is 0. The minimum Gasteiger partial charge on any atom is -0.299 e. The lowest BCUT2D eigenvalue weighted by Gasteiger charge is -1.96. The molecule has 2 heteroatoms. The van der Waals surface area contributed by atoms with E-state index in [1.807, 2.05) is 20.8 Å². The number of ketones is 1. The van der Waals surface area contributed by atoms with Gasteiger partial charge in [-0.05, 0) is 0 Å². The lowest BCUT2D eigenvalue weighted by molar-refractivity contribution is -0.121. The fourth-order valence-electron chi connectivity index (χ4n) is 0.408. The summed E-state index contributed by atoms with van der Waals surface area (Å²) < 4.78 is 0. The molecule has 0 heterocycles. The molecule has 0 N–H and O–H groups in total. The summed E-state index contributed by atoms with van der Waals surface area (Å²) in [5, 5.41) is 0. The van der Waals surface area contributed by atoms with Gasteiger partial charge < -0.3 is 0 Å². The van der Waals surface area contributed by atoms with Crippen LogP contribution in [0.4, 0.5) is 4.70 Å². The van der Waals surface area contributed by atoms with Crippen molar-refractivity contribution in [3.63, 3.8) is 0 Å². The summed E-state index contributed by atoms with van der Waals surface area (Å²) in [5.74, 6) is 0.574. The third-order valence-corrected chi connectivity index (χ3v) is 0.992. The summed E-state index contributed by atoms with van der Waals surface area (Å²) in [5.41, 5.74) is 0. The first-order valence-corrected chi connectivity index (χ1v) is 2.71. The SMILES string of the molecule is CCC(=O)C(C)C.F. The molecular weight excluding hydrogens is 107 g/mol. The van der Waals surface area contributed by atoms with Crippen LogP contribution in [-0.2, 0) is 4.79 Å². The van der Waals surface area contributed by atoms with Crippen molar-refractivity contribution >= 4 is 5.78 Å². The van der Waals surface area contributed by atoms with Gasteiger partial charge in [0.1, 0.15) is 5.78 Å². The monoisotopic (exact) mass is 120 g/mol. The van der Waals surface area contributed by atoms with E-state index in [0.717, 1.165) is 0 Å². The van der Waals surface area contributed by atoms with E-state index in [1.165, 1.54) is 0 Å². The van der Waals surface area contributed by atoms with Gasteiger partial charge in [0.15, 0.2) is 0 Å². The van der Waals surface area contributed by atoms with Crippen LogP contribution >= 0.6 is 0 Å². The zero-order valence-electron chi connectivity index (χ0n) is 5.60. The number of halogens is 1. The Morgan fingerprint density at radius 2 is 1.88 bits per heavy atom. The van der Waals surface area contributed by atoms with E-state index in [4.69, 9.17) is 0 Å². The van der Waals surface area contributed by atoms with E-state index in [1.54, 1.807) is 0 Å². The van der Waals surface area contributed by atoms with E-state index >= 15 is 0 Å². The Kier molecular flexibility index (Phi) is 6.27. The molecule has 0 amide bonds. The van der Waals surface area contributed by atoms with Gasteiger partial charge in [0.25, 0.3) is 0 Å². The molecular formula is C6H13FO. The van der Waals surface area contributed by atoms with E-state index in [2.05, 4.69) is 0 Å². The van der Waals surface area contributed by atoms with Gasteiger partial charge in [-0.2, -0.15) is 0 Å². The zero-order valence-corrected chi connectivity index (χ0v) is 5.60. The number of Topliss-reactive ketones (excluding diaryl/α,β-unsaturated/α-hetero) is 1. The van der Waals surface area contributed by atoms with Crippen LogP contribution < -0.4 is 0 Å². The van der Waals surface area contributed by atoms with Crippen LogP contribution in [0.5, 0.6) is 0 Å². The second kappa shape index (κ2) is 4.75. The summed E-state index contributed by atoms with van der Waals surface area (Å²) in [4.78, 5) is 10.5. The first kappa shape index (κ1) is 10.6. The summed E-state index contributed by atoms with van der Waals surface area (Å²) in [6.07, 6.45) is 0.678. The second-order valence-electron chi connectivity index (χ2n) is 1.97. The van der Waals surface area contributed by atoms with Crippen LogP contribution in [0.3, 0.4) is 0 Å². The molecule has 0 aliphatic carbocycles. The summed E-state index contributed by atoms with van der Waals surface area (Å²) in [6.45, 7) is 5.74. The molecule has 0 aromatic carbocycles. The number of hydrogen-bond acceptors (Lipinski definition) is 1. The number of carbonyl (C=O) groups is 1. The highest BCUT2D eigenvalue weighted by Crippen LogP contribution is 1.95. The molecule has 0 atom stereocenters. The highest BCUT2D eigenvalue weighted by Gasteiger charge is 2.00. The molecule has 0 aromatic heterocycles. The standard InChI is InChI=1S/C6H12O.FH/c1-4-6(7)5(2)3;/h5H,4H2,1-3H3;1H. The van der Waals surface area contributed by atoms with Gasteiger partial charge in [0.05, 0.1) is 0 Å². The molecule has 8 heavy (non-hydrogen) atoms. The molecule has 1 nitrogen and oxygen atoms in total. The molecule has 0 radical (unpaired) electrons. The van der Waals surface area contributed by atoms with E-state index in [-0.39, 0.29) is 10.6 Å². The van der Waals surface area contributed by atoms with Crippen LogP contribution in [0.1, 0.15) is 27.2 Å². The average molecular weight is 120 g/mol. The molecule has 0 fully saturated rings. The van der Waals surface area contributed by atoms with Gasteiger partial charge in [-0.25, -0.2) is 0 Å². The third kappa shape index (κ3) is 3.78. The Balaban J connectivity index is 0. The molecule has 0 saturated carbocycles. The maximum atomic E-state index is 10.5. The van der Waals surface area contributed by atoms with Crippen LogP contribution in [0.2, 0.25) is 0 Å². The molecule has 0 aliphatic rings. The number of carbonyl (C=O) groups excluding carboxylic acids is 1. The van der Waals surface area contributed by atoms with Gasteiger partial charge in [-0.3, -0.25) is 9.50 Å². The van der Waals surface area contributed by atoms with Crippen LogP contribution in [0, 0.1) is 5.92 Å². The maximum absolute atomic E-state index is 10.5. The van der Waals surface area contributed by atoms with Crippen molar-refractivity contribution in [1.29, 1.82) is 0 Å². The minimum absolute atomic E-state index is 0. The Morgan fingerprint density at radius 1 is 1.50 bits per heavy atom. The Bertz CT molecular complexity index is 68.9.